The second-order valence-corrected chi connectivity index (χ2v) is 11.9. The second kappa shape index (κ2) is 19.4. The van der Waals surface area contributed by atoms with Crippen molar-refractivity contribution in [2.24, 2.45) is 9.98 Å². The van der Waals surface area contributed by atoms with Gasteiger partial charge in [-0.05, 0) is 45.5 Å². The third kappa shape index (κ3) is 10.9. The lowest BCUT2D eigenvalue weighted by Crippen LogP contribution is -2.37. The number of carbonyl (C=O) groups excluding carboxylic acids is 4. The fourth-order valence-electron chi connectivity index (χ4n) is 5.61. The van der Waals surface area contributed by atoms with Crippen LogP contribution in [0.2, 0.25) is 0 Å². The third-order valence-corrected chi connectivity index (χ3v) is 8.20. The van der Waals surface area contributed by atoms with Crippen molar-refractivity contribution in [3.63, 3.8) is 0 Å². The minimum atomic E-state index is -0.866. The van der Waals surface area contributed by atoms with E-state index >= 15 is 0 Å². The van der Waals surface area contributed by atoms with Crippen molar-refractivity contribution >= 4 is 36.3 Å². The Morgan fingerprint density at radius 2 is 1.04 bits per heavy atom. The van der Waals surface area contributed by atoms with Crippen LogP contribution < -0.4 is 10.6 Å². The maximum Gasteiger partial charge on any atom is 0.437 e. The van der Waals surface area contributed by atoms with E-state index < -0.39 is 24.4 Å². The van der Waals surface area contributed by atoms with Crippen molar-refractivity contribution in [2.45, 2.75) is 19.1 Å². The van der Waals surface area contributed by atoms with Crippen molar-refractivity contribution < 1.29 is 38.1 Å². The summed E-state index contributed by atoms with van der Waals surface area (Å²) in [7, 11) is 1.19. The molecule has 288 valence electrons. The highest BCUT2D eigenvalue weighted by Crippen LogP contribution is 2.44. The largest absolute Gasteiger partial charge is 0.451 e. The molecule has 6 aromatic rings. The number of carbonyl (C=O) groups is 4. The molecule has 0 spiro atoms. The summed E-state index contributed by atoms with van der Waals surface area (Å²) < 4.78 is 22.7. The average molecular weight is 769 g/mol. The van der Waals surface area contributed by atoms with Gasteiger partial charge in [-0.3, -0.25) is 10.6 Å². The van der Waals surface area contributed by atoms with E-state index in [4.69, 9.17) is 14.2 Å². The molecule has 4 aromatic carbocycles. The van der Waals surface area contributed by atoms with Crippen LogP contribution in [0, 0.1) is 0 Å². The van der Waals surface area contributed by atoms with Crippen LogP contribution in [0.1, 0.15) is 28.2 Å². The Bertz CT molecular complexity index is 2290. The first kappa shape index (κ1) is 38.8. The molecule has 2 aromatic heterocycles. The molecule has 0 saturated heterocycles. The second-order valence-electron chi connectivity index (χ2n) is 11.9. The van der Waals surface area contributed by atoms with Crippen molar-refractivity contribution in [3.8, 4) is 11.1 Å². The summed E-state index contributed by atoms with van der Waals surface area (Å²) in [5.41, 5.74) is 6.15. The van der Waals surface area contributed by atoms with E-state index in [1.54, 1.807) is 12.1 Å². The van der Waals surface area contributed by atoms with E-state index in [0.717, 1.165) is 33.4 Å². The van der Waals surface area contributed by atoms with Gasteiger partial charge in [0.05, 0.1) is 7.11 Å². The molecule has 0 aliphatic heterocycles. The maximum absolute atomic E-state index is 12.4. The van der Waals surface area contributed by atoms with Gasteiger partial charge in [-0.25, -0.2) is 28.5 Å². The lowest BCUT2D eigenvalue weighted by atomic mass is 9.98. The van der Waals surface area contributed by atoms with Gasteiger partial charge in [0, 0.05) is 30.7 Å². The summed E-state index contributed by atoms with van der Waals surface area (Å²) in [4.78, 5) is 55.5. The fraction of sp³-hybridized carbons (Fsp3) is 0.122. The lowest BCUT2D eigenvalue weighted by Gasteiger charge is -2.15. The number of ether oxygens (including phenoxy) is 4. The van der Waals surface area contributed by atoms with Gasteiger partial charge in [0.1, 0.15) is 19.8 Å². The topological polar surface area (TPSA) is 190 Å². The first-order valence-corrected chi connectivity index (χ1v) is 17.4. The number of benzene rings is 4. The van der Waals surface area contributed by atoms with Gasteiger partial charge < -0.3 is 18.9 Å². The van der Waals surface area contributed by atoms with Crippen LogP contribution in [0.5, 0.6) is 0 Å². The number of methoxy groups -OCH3 is 1. The van der Waals surface area contributed by atoms with E-state index in [2.05, 4.69) is 47.7 Å². The Kier molecular flexibility index (Phi) is 13.2. The fourth-order valence-corrected chi connectivity index (χ4v) is 5.61. The molecular formula is C41H36N8O8. The minimum Gasteiger partial charge on any atom is -0.451 e. The molecule has 0 saturated carbocycles. The van der Waals surface area contributed by atoms with Gasteiger partial charge in [-0.1, -0.05) is 109 Å². The number of nitrogens with zero attached hydrogens (tertiary/aromatic N) is 6. The minimum absolute atomic E-state index is 0.0635. The van der Waals surface area contributed by atoms with E-state index in [1.165, 1.54) is 41.3 Å². The molecule has 7 rings (SSSR count). The summed E-state index contributed by atoms with van der Waals surface area (Å²) in [6.07, 6.45) is 2.80. The molecule has 4 amide bonds. The zero-order chi connectivity index (χ0) is 39.8. The Labute approximate surface area is 326 Å². The predicted molar refractivity (Wildman–Crippen MR) is 207 cm³/mol. The highest BCUT2D eigenvalue weighted by Gasteiger charge is 2.29. The normalized spacial score (nSPS) is 11.9. The molecule has 16 heteroatoms. The number of nitrogens with one attached hydrogen (secondary N) is 2. The van der Waals surface area contributed by atoms with Crippen molar-refractivity contribution in [1.82, 2.24) is 30.2 Å². The molecule has 16 nitrogen and oxygen atoms in total. The van der Waals surface area contributed by atoms with Crippen molar-refractivity contribution in [1.29, 1.82) is 0 Å². The monoisotopic (exact) mass is 768 g/mol. The van der Waals surface area contributed by atoms with Gasteiger partial charge >= 0.3 is 24.4 Å². The highest BCUT2D eigenvalue weighted by molar-refractivity contribution is 6.00. The van der Waals surface area contributed by atoms with Crippen molar-refractivity contribution in [2.75, 3.05) is 13.7 Å². The van der Waals surface area contributed by atoms with Gasteiger partial charge in [-0.2, -0.15) is 10.2 Å². The zero-order valence-corrected chi connectivity index (χ0v) is 30.5. The molecule has 0 bridgehead atoms. The number of hydrogen-bond acceptors (Lipinski definition) is 10. The summed E-state index contributed by atoms with van der Waals surface area (Å²) >= 11 is 0. The molecule has 1 aliphatic carbocycles. The number of fused-ring (bicyclic) bond motifs is 3. The molecule has 0 radical (unpaired) electrons. The van der Waals surface area contributed by atoms with E-state index in [-0.39, 0.29) is 37.7 Å². The number of aromatic nitrogens is 4. The zero-order valence-electron chi connectivity index (χ0n) is 30.5. The van der Waals surface area contributed by atoms with E-state index in [1.807, 2.05) is 97.1 Å². The molecular weight excluding hydrogens is 732 g/mol. The Hall–Kier alpha value is -7.88. The lowest BCUT2D eigenvalue weighted by molar-refractivity contribution is 0.144. The number of hydrogen-bond donors (Lipinski definition) is 2. The molecule has 57 heavy (non-hydrogen) atoms. The standard InChI is InChI=1S/C21H18N4O4.C20H18N4O4/c1-28-20(26)23-19(25-12-6-11-22-25)24-21(27)29-13-18-16-9-4-2-7-14(16)15-8-3-5-10-17(15)18;25-19(27-14-16-8-3-1-4-9-16)22-18(24-13-7-12-21-24)23-20(26)28-15-17-10-5-2-6-11-17/h2-12,18H,13H2,1H3,(H,23,24,26,27);1-13H,14-15H2,(H,22,23,25,26). The van der Waals surface area contributed by atoms with Crippen LogP contribution in [0.4, 0.5) is 19.2 Å². The SMILES string of the molecule is COC(=O)N=C(NC(=O)OCC1c2ccccc2-c2ccccc21)n1cccn1.O=C(N=C(NC(=O)OCc1ccccc1)n1cccn1)OCc1ccccc1. The Balaban J connectivity index is 0.000000193. The molecule has 0 unspecified atom stereocenters. The van der Waals surface area contributed by atoms with Crippen LogP contribution in [-0.4, -0.2) is 69.6 Å². The number of alkyl carbamates (subject to hydrolysis) is 2. The van der Waals surface area contributed by atoms with Crippen LogP contribution >= 0.6 is 0 Å². The Morgan fingerprint density at radius 3 is 1.53 bits per heavy atom. The van der Waals surface area contributed by atoms with Crippen LogP contribution in [0.15, 0.2) is 156 Å². The third-order valence-electron chi connectivity index (χ3n) is 8.20. The predicted octanol–water partition coefficient (Wildman–Crippen LogP) is 6.74. The molecule has 2 heterocycles. The van der Waals surface area contributed by atoms with Gasteiger partial charge in [0.15, 0.2) is 0 Å². The molecule has 2 N–H and O–H groups in total. The molecule has 1 aliphatic rings. The molecule has 0 atom stereocenters. The average Bonchev–Trinajstić information content (AvgIpc) is 4.04. The number of aliphatic imine (C=N–C) groups is 2. The maximum atomic E-state index is 12.4. The number of amides is 4. The van der Waals surface area contributed by atoms with Crippen LogP contribution in [0.25, 0.3) is 11.1 Å². The summed E-state index contributed by atoms with van der Waals surface area (Å²) in [6.45, 7) is 0.288. The summed E-state index contributed by atoms with van der Waals surface area (Å²) in [5, 5.41) is 12.8. The quantitative estimate of drug-likeness (QED) is 0.104. The molecule has 0 fully saturated rings. The highest BCUT2D eigenvalue weighted by atomic mass is 16.6. The smallest absolute Gasteiger partial charge is 0.437 e. The van der Waals surface area contributed by atoms with E-state index in [0.29, 0.717) is 0 Å². The number of rotatable bonds is 6. The van der Waals surface area contributed by atoms with E-state index in [9.17, 15) is 19.2 Å². The first-order valence-electron chi connectivity index (χ1n) is 17.4. The summed E-state index contributed by atoms with van der Waals surface area (Å²) in [6, 6.07) is 37.8. The summed E-state index contributed by atoms with van der Waals surface area (Å²) in [5.74, 6) is -0.306. The van der Waals surface area contributed by atoms with Gasteiger partial charge in [-0.15, -0.1) is 9.98 Å². The van der Waals surface area contributed by atoms with Gasteiger partial charge in [0.2, 0.25) is 11.9 Å². The van der Waals surface area contributed by atoms with Crippen LogP contribution in [-0.2, 0) is 32.2 Å². The van der Waals surface area contributed by atoms with Gasteiger partial charge in [0.25, 0.3) is 0 Å². The first-order chi connectivity index (χ1) is 27.9. The Morgan fingerprint density at radius 1 is 0.579 bits per heavy atom. The van der Waals surface area contributed by atoms with Crippen LogP contribution in [0.3, 0.4) is 0 Å². The van der Waals surface area contributed by atoms with Crippen molar-refractivity contribution in [3.05, 3.63) is 168 Å².